The molecule has 0 unspecified atom stereocenters. The zero-order valence-corrected chi connectivity index (χ0v) is 24.0. The van der Waals surface area contributed by atoms with Gasteiger partial charge in [0, 0.05) is 32.9 Å². The Morgan fingerprint density at radius 2 is 1.68 bits per heavy atom. The number of anilines is 4. The molecule has 44 heavy (non-hydrogen) atoms. The lowest BCUT2D eigenvalue weighted by atomic mass is 10.1. The van der Waals surface area contributed by atoms with Gasteiger partial charge in [0.25, 0.3) is 5.91 Å². The van der Waals surface area contributed by atoms with E-state index in [1.165, 1.54) is 18.1 Å². The number of alkyl halides is 3. The first-order valence-corrected chi connectivity index (χ1v) is 13.9. The van der Waals surface area contributed by atoms with Gasteiger partial charge in [-0.1, -0.05) is 25.6 Å². The lowest BCUT2D eigenvalue weighted by Crippen LogP contribution is -2.14. The van der Waals surface area contributed by atoms with Crippen molar-refractivity contribution >= 4 is 57.8 Å². The molecule has 5 rings (SSSR count). The van der Waals surface area contributed by atoms with Crippen molar-refractivity contribution < 1.29 is 27.9 Å². The highest BCUT2D eigenvalue weighted by molar-refractivity contribution is 7.99. The molecule has 3 aromatic heterocycles. The van der Waals surface area contributed by atoms with Crippen LogP contribution in [0.4, 0.5) is 41.0 Å². The fraction of sp³-hybridized carbons (Fsp3) is 0.133. The SMILES string of the molecule is CC(C)c1ccc2c(Nc3cc(C(=O)Nc4ccc(C(F)(F)F)cn4)ccc3Sc3ccc(NC(=O)O)cc3)ncnc2n1. The summed E-state index contributed by atoms with van der Waals surface area (Å²) in [5.74, 6) is 0.0134. The van der Waals surface area contributed by atoms with E-state index in [2.05, 4.69) is 35.9 Å². The van der Waals surface area contributed by atoms with Gasteiger partial charge in [-0.3, -0.25) is 10.1 Å². The molecule has 10 nitrogen and oxygen atoms in total. The number of aromatic nitrogens is 4. The second-order valence-electron chi connectivity index (χ2n) is 9.76. The summed E-state index contributed by atoms with van der Waals surface area (Å²) in [6.07, 6.45) is -3.69. The van der Waals surface area contributed by atoms with Crippen molar-refractivity contribution in [1.82, 2.24) is 19.9 Å². The first-order chi connectivity index (χ1) is 21.0. The van der Waals surface area contributed by atoms with Crippen LogP contribution in [0.25, 0.3) is 11.0 Å². The molecular weight excluding hydrogens is 595 g/mol. The van der Waals surface area contributed by atoms with E-state index < -0.39 is 23.7 Å². The van der Waals surface area contributed by atoms with Crippen LogP contribution in [0.2, 0.25) is 0 Å². The normalized spacial score (nSPS) is 11.4. The molecule has 5 aromatic rings. The molecule has 0 saturated heterocycles. The highest BCUT2D eigenvalue weighted by Crippen LogP contribution is 2.37. The maximum absolute atomic E-state index is 13.1. The Morgan fingerprint density at radius 1 is 0.909 bits per heavy atom. The quantitative estimate of drug-likeness (QED) is 0.137. The molecule has 224 valence electrons. The minimum absolute atomic E-state index is 0.0418. The third kappa shape index (κ3) is 7.21. The summed E-state index contributed by atoms with van der Waals surface area (Å²) in [4.78, 5) is 42.6. The van der Waals surface area contributed by atoms with Gasteiger partial charge in [-0.25, -0.2) is 24.7 Å². The van der Waals surface area contributed by atoms with Gasteiger partial charge in [0.15, 0.2) is 5.65 Å². The van der Waals surface area contributed by atoms with Crippen LogP contribution < -0.4 is 16.0 Å². The van der Waals surface area contributed by atoms with Crippen molar-refractivity contribution in [3.63, 3.8) is 0 Å². The molecule has 2 aromatic carbocycles. The summed E-state index contributed by atoms with van der Waals surface area (Å²) >= 11 is 1.35. The molecular formula is C30H24F3N7O3S. The summed E-state index contributed by atoms with van der Waals surface area (Å²) in [7, 11) is 0. The number of fused-ring (bicyclic) bond motifs is 1. The Hall–Kier alpha value is -5.24. The molecule has 0 aliphatic rings. The number of carbonyl (C=O) groups is 2. The third-order valence-corrected chi connectivity index (χ3v) is 7.35. The van der Waals surface area contributed by atoms with Gasteiger partial charge >= 0.3 is 12.3 Å². The number of benzene rings is 2. The van der Waals surface area contributed by atoms with Crippen molar-refractivity contribution in [3.05, 3.63) is 96.1 Å². The van der Waals surface area contributed by atoms with Crippen molar-refractivity contribution in [2.24, 2.45) is 0 Å². The van der Waals surface area contributed by atoms with Gasteiger partial charge in [0.05, 0.1) is 16.6 Å². The molecule has 0 fully saturated rings. The van der Waals surface area contributed by atoms with Gasteiger partial charge in [-0.05, 0) is 72.6 Å². The van der Waals surface area contributed by atoms with Crippen LogP contribution in [0.3, 0.4) is 0 Å². The summed E-state index contributed by atoms with van der Waals surface area (Å²) < 4.78 is 38.7. The maximum atomic E-state index is 13.1. The number of nitrogens with zero attached hydrogens (tertiary/aromatic N) is 4. The topological polar surface area (TPSA) is 142 Å². The van der Waals surface area contributed by atoms with E-state index in [4.69, 9.17) is 5.11 Å². The Kier molecular flexibility index (Phi) is 8.62. The number of amides is 2. The van der Waals surface area contributed by atoms with Crippen LogP contribution in [0, 0.1) is 0 Å². The number of rotatable bonds is 8. The van der Waals surface area contributed by atoms with E-state index in [1.807, 2.05) is 26.0 Å². The minimum atomic E-state index is -4.55. The van der Waals surface area contributed by atoms with Gasteiger partial charge in [-0.15, -0.1) is 0 Å². The van der Waals surface area contributed by atoms with E-state index in [0.717, 1.165) is 22.7 Å². The van der Waals surface area contributed by atoms with Crippen LogP contribution in [0.5, 0.6) is 0 Å². The minimum Gasteiger partial charge on any atom is -0.465 e. The van der Waals surface area contributed by atoms with Crippen LogP contribution in [-0.2, 0) is 6.18 Å². The summed E-state index contributed by atoms with van der Waals surface area (Å²) in [5.41, 5.74) is 1.55. The van der Waals surface area contributed by atoms with Crippen molar-refractivity contribution in [1.29, 1.82) is 0 Å². The van der Waals surface area contributed by atoms with Crippen molar-refractivity contribution in [3.8, 4) is 0 Å². The molecule has 0 aliphatic heterocycles. The van der Waals surface area contributed by atoms with E-state index >= 15 is 0 Å². The van der Waals surface area contributed by atoms with Crippen molar-refractivity contribution in [2.75, 3.05) is 16.0 Å². The van der Waals surface area contributed by atoms with Gasteiger partial charge < -0.3 is 15.7 Å². The molecule has 0 radical (unpaired) electrons. The monoisotopic (exact) mass is 619 g/mol. The molecule has 0 bridgehead atoms. The number of hydrogen-bond donors (Lipinski definition) is 4. The van der Waals surface area contributed by atoms with Gasteiger partial charge in [-0.2, -0.15) is 13.2 Å². The van der Waals surface area contributed by atoms with Gasteiger partial charge in [0.2, 0.25) is 0 Å². The van der Waals surface area contributed by atoms with E-state index in [1.54, 1.807) is 42.5 Å². The highest BCUT2D eigenvalue weighted by atomic mass is 32.2. The Bertz CT molecular complexity index is 1830. The Balaban J connectivity index is 1.47. The fourth-order valence-electron chi connectivity index (χ4n) is 4.04. The molecule has 0 atom stereocenters. The predicted molar refractivity (Wildman–Crippen MR) is 161 cm³/mol. The zero-order valence-electron chi connectivity index (χ0n) is 23.2. The summed E-state index contributed by atoms with van der Waals surface area (Å²) in [6.45, 7) is 4.05. The maximum Gasteiger partial charge on any atom is 0.417 e. The largest absolute Gasteiger partial charge is 0.465 e. The third-order valence-electron chi connectivity index (χ3n) is 6.27. The van der Waals surface area contributed by atoms with Crippen LogP contribution in [0.15, 0.2) is 89.0 Å². The van der Waals surface area contributed by atoms with Gasteiger partial charge in [0.1, 0.15) is 18.0 Å². The number of nitrogens with one attached hydrogen (secondary N) is 3. The lowest BCUT2D eigenvalue weighted by Gasteiger charge is -2.15. The number of carboxylic acid groups (broad SMARTS) is 1. The predicted octanol–water partition coefficient (Wildman–Crippen LogP) is 7.80. The number of pyridine rings is 2. The number of carbonyl (C=O) groups excluding carboxylic acids is 1. The lowest BCUT2D eigenvalue weighted by molar-refractivity contribution is -0.137. The molecule has 0 saturated carbocycles. The molecule has 0 aliphatic carbocycles. The first-order valence-electron chi connectivity index (χ1n) is 13.1. The number of hydrogen-bond acceptors (Lipinski definition) is 8. The number of halogens is 3. The fourth-order valence-corrected chi connectivity index (χ4v) is 4.93. The highest BCUT2D eigenvalue weighted by Gasteiger charge is 2.30. The Labute approximate surface area is 253 Å². The van der Waals surface area contributed by atoms with E-state index in [-0.39, 0.29) is 17.3 Å². The van der Waals surface area contributed by atoms with Crippen LogP contribution >= 0.6 is 11.8 Å². The Morgan fingerprint density at radius 3 is 2.34 bits per heavy atom. The molecule has 4 N–H and O–H groups in total. The smallest absolute Gasteiger partial charge is 0.417 e. The average molecular weight is 620 g/mol. The molecule has 14 heteroatoms. The summed E-state index contributed by atoms with van der Waals surface area (Å²) in [6, 6.07) is 17.3. The van der Waals surface area contributed by atoms with Crippen LogP contribution in [-0.4, -0.2) is 37.0 Å². The second kappa shape index (κ2) is 12.6. The molecule has 2 amide bonds. The van der Waals surface area contributed by atoms with E-state index in [9.17, 15) is 22.8 Å². The van der Waals surface area contributed by atoms with Crippen LogP contribution in [0.1, 0.15) is 41.4 Å². The summed E-state index contributed by atoms with van der Waals surface area (Å²) in [5, 5.41) is 17.7. The first kappa shape index (κ1) is 30.2. The van der Waals surface area contributed by atoms with E-state index in [0.29, 0.717) is 39.3 Å². The average Bonchev–Trinajstić information content (AvgIpc) is 2.98. The molecule has 3 heterocycles. The standard InChI is InChI=1S/C30H24F3N7O3S/c1-16(2)22-10-9-21-26(38-22)35-15-36-27(21)39-23-13-17(28(41)40-25-12-4-18(14-34-25)30(31,32)33)3-11-24(23)44-20-7-5-19(6-8-20)37-29(42)43/h3-16,37H,1-2H3,(H,42,43)(H,34,40,41)(H,35,36,38,39). The zero-order chi connectivity index (χ0) is 31.4. The van der Waals surface area contributed by atoms with Crippen molar-refractivity contribution in [2.45, 2.75) is 35.7 Å². The second-order valence-corrected chi connectivity index (χ2v) is 10.9. The molecule has 0 spiro atoms.